The second-order valence-electron chi connectivity index (χ2n) is 5.66. The number of aromatic carboxylic acids is 1. The van der Waals surface area contributed by atoms with Gasteiger partial charge in [-0.3, -0.25) is 0 Å². The van der Waals surface area contributed by atoms with E-state index in [-0.39, 0.29) is 5.69 Å². The lowest BCUT2D eigenvalue weighted by atomic mass is 9.96. The minimum Gasteiger partial charge on any atom is -0.476 e. The first-order valence-electron chi connectivity index (χ1n) is 7.42. The predicted octanol–water partition coefficient (Wildman–Crippen LogP) is 2.34. The molecule has 112 valence electrons. The van der Waals surface area contributed by atoms with Gasteiger partial charge in [0.05, 0.1) is 16.7 Å². The molecule has 0 saturated heterocycles. The Hall–Kier alpha value is -2.63. The molecule has 3 aromatic rings. The molecule has 4 rings (SSSR count). The molecule has 0 amide bonds. The van der Waals surface area contributed by atoms with Crippen LogP contribution in [0.2, 0.25) is 0 Å². The van der Waals surface area contributed by atoms with Gasteiger partial charge >= 0.3 is 5.97 Å². The molecule has 0 saturated carbocycles. The summed E-state index contributed by atoms with van der Waals surface area (Å²) in [5, 5.41) is 13.8. The zero-order chi connectivity index (χ0) is 15.3. The van der Waals surface area contributed by atoms with Crippen molar-refractivity contribution in [3.8, 4) is 5.95 Å². The van der Waals surface area contributed by atoms with Crippen LogP contribution in [-0.2, 0) is 19.9 Å². The molecule has 1 aromatic carbocycles. The van der Waals surface area contributed by atoms with E-state index in [0.717, 1.165) is 48.0 Å². The molecule has 2 aromatic heterocycles. The Labute approximate surface area is 127 Å². The van der Waals surface area contributed by atoms with Gasteiger partial charge in [0.25, 0.3) is 0 Å². The molecule has 0 atom stereocenters. The van der Waals surface area contributed by atoms with Crippen molar-refractivity contribution in [3.63, 3.8) is 0 Å². The predicted molar refractivity (Wildman–Crippen MR) is 81.4 cm³/mol. The van der Waals surface area contributed by atoms with Crippen LogP contribution in [0.15, 0.2) is 24.3 Å². The summed E-state index contributed by atoms with van der Waals surface area (Å²) in [6.07, 6.45) is 3.70. The van der Waals surface area contributed by atoms with Gasteiger partial charge in [0, 0.05) is 12.6 Å². The summed E-state index contributed by atoms with van der Waals surface area (Å²) >= 11 is 0. The number of nitrogens with zero attached hydrogens (tertiary/aromatic N) is 4. The topological polar surface area (TPSA) is 72.9 Å². The van der Waals surface area contributed by atoms with E-state index in [1.54, 1.807) is 4.68 Å². The quantitative estimate of drug-likeness (QED) is 0.787. The van der Waals surface area contributed by atoms with Gasteiger partial charge in [0.2, 0.25) is 5.95 Å². The summed E-state index contributed by atoms with van der Waals surface area (Å²) in [6, 6.07) is 7.86. The Kier molecular flexibility index (Phi) is 2.79. The maximum absolute atomic E-state index is 11.5. The van der Waals surface area contributed by atoms with E-state index in [9.17, 15) is 9.90 Å². The third-order valence-corrected chi connectivity index (χ3v) is 4.34. The average Bonchev–Trinajstić information content (AvgIpc) is 3.06. The van der Waals surface area contributed by atoms with Crippen LogP contribution in [0.3, 0.4) is 0 Å². The molecule has 1 aliphatic carbocycles. The maximum Gasteiger partial charge on any atom is 0.356 e. The van der Waals surface area contributed by atoms with Crippen LogP contribution < -0.4 is 0 Å². The highest BCUT2D eigenvalue weighted by molar-refractivity contribution is 5.87. The first-order valence-corrected chi connectivity index (χ1v) is 7.42. The molecule has 0 spiro atoms. The zero-order valence-corrected chi connectivity index (χ0v) is 12.3. The Morgan fingerprint density at radius 2 is 2.00 bits per heavy atom. The molecule has 0 unspecified atom stereocenters. The van der Waals surface area contributed by atoms with E-state index in [1.165, 1.54) is 0 Å². The number of rotatable bonds is 2. The number of fused-ring (bicyclic) bond motifs is 2. The van der Waals surface area contributed by atoms with Gasteiger partial charge in [-0.2, -0.15) is 5.10 Å². The number of hydrogen-bond acceptors (Lipinski definition) is 3. The molecule has 2 heterocycles. The van der Waals surface area contributed by atoms with Crippen LogP contribution in [0.1, 0.15) is 34.6 Å². The van der Waals surface area contributed by atoms with Crippen molar-refractivity contribution in [1.82, 2.24) is 19.3 Å². The number of carboxylic acids is 1. The number of carboxylic acid groups (broad SMARTS) is 1. The van der Waals surface area contributed by atoms with Crippen LogP contribution in [0.25, 0.3) is 17.0 Å². The third-order valence-electron chi connectivity index (χ3n) is 4.34. The fourth-order valence-electron chi connectivity index (χ4n) is 3.26. The molecule has 0 aliphatic heterocycles. The lowest BCUT2D eigenvalue weighted by Crippen LogP contribution is -2.11. The largest absolute Gasteiger partial charge is 0.476 e. The highest BCUT2D eigenvalue weighted by Gasteiger charge is 2.26. The molecule has 1 N–H and O–H groups in total. The van der Waals surface area contributed by atoms with Crippen molar-refractivity contribution in [2.24, 2.45) is 7.05 Å². The Balaban J connectivity index is 1.98. The number of aryl methyl sites for hydroxylation is 1. The molecule has 1 aliphatic rings. The molecule has 0 fully saturated rings. The van der Waals surface area contributed by atoms with Crippen LogP contribution in [-0.4, -0.2) is 30.4 Å². The molecule has 6 heteroatoms. The van der Waals surface area contributed by atoms with Gasteiger partial charge in [-0.05, 0) is 37.8 Å². The number of aromatic nitrogens is 4. The maximum atomic E-state index is 11.5. The van der Waals surface area contributed by atoms with Crippen molar-refractivity contribution < 1.29 is 9.90 Å². The average molecular weight is 296 g/mol. The van der Waals surface area contributed by atoms with Crippen molar-refractivity contribution in [2.45, 2.75) is 25.7 Å². The fraction of sp³-hybridized carbons (Fsp3) is 0.312. The van der Waals surface area contributed by atoms with Gasteiger partial charge < -0.3 is 9.67 Å². The monoisotopic (exact) mass is 296 g/mol. The van der Waals surface area contributed by atoms with Crippen molar-refractivity contribution in [3.05, 3.63) is 41.2 Å². The van der Waals surface area contributed by atoms with E-state index >= 15 is 0 Å². The Morgan fingerprint density at radius 3 is 2.77 bits per heavy atom. The molecule has 0 bridgehead atoms. The first kappa shape index (κ1) is 13.1. The summed E-state index contributed by atoms with van der Waals surface area (Å²) in [4.78, 5) is 16.1. The van der Waals surface area contributed by atoms with Crippen LogP contribution in [0.4, 0.5) is 0 Å². The summed E-state index contributed by atoms with van der Waals surface area (Å²) in [6.45, 7) is 0. The molecule has 0 radical (unpaired) electrons. The number of benzene rings is 1. The highest BCUT2D eigenvalue weighted by atomic mass is 16.4. The summed E-state index contributed by atoms with van der Waals surface area (Å²) in [5.74, 6) is -0.289. The van der Waals surface area contributed by atoms with Gasteiger partial charge in [0.1, 0.15) is 0 Å². The fourth-order valence-corrected chi connectivity index (χ4v) is 3.26. The standard InChI is InChI=1S/C16H16N4O2/c1-19-13-9-5-3-7-11(13)17-16(19)20-12-8-4-2-6-10(12)14(18-20)15(21)22/h3,5,7,9H,2,4,6,8H2,1H3,(H,21,22). The summed E-state index contributed by atoms with van der Waals surface area (Å²) in [7, 11) is 1.93. The second kappa shape index (κ2) is 4.69. The van der Waals surface area contributed by atoms with Gasteiger partial charge in [-0.25, -0.2) is 14.5 Å². The number of carbonyl (C=O) groups is 1. The molecular formula is C16H16N4O2. The highest BCUT2D eigenvalue weighted by Crippen LogP contribution is 2.27. The van der Waals surface area contributed by atoms with Crippen LogP contribution >= 0.6 is 0 Å². The van der Waals surface area contributed by atoms with E-state index in [2.05, 4.69) is 10.1 Å². The van der Waals surface area contributed by atoms with Crippen LogP contribution in [0.5, 0.6) is 0 Å². The Bertz CT molecular complexity index is 891. The first-order chi connectivity index (χ1) is 10.7. The number of imidazole rings is 1. The smallest absolute Gasteiger partial charge is 0.356 e. The molecule has 6 nitrogen and oxygen atoms in total. The third kappa shape index (κ3) is 1.76. The van der Waals surface area contributed by atoms with Gasteiger partial charge in [-0.15, -0.1) is 0 Å². The minimum absolute atomic E-state index is 0.168. The van der Waals surface area contributed by atoms with Crippen molar-refractivity contribution >= 4 is 17.0 Å². The van der Waals surface area contributed by atoms with Gasteiger partial charge in [0.15, 0.2) is 5.69 Å². The van der Waals surface area contributed by atoms with E-state index < -0.39 is 5.97 Å². The lowest BCUT2D eigenvalue weighted by molar-refractivity contribution is 0.0688. The Morgan fingerprint density at radius 1 is 1.23 bits per heavy atom. The van der Waals surface area contributed by atoms with Crippen molar-refractivity contribution in [1.29, 1.82) is 0 Å². The summed E-state index contributed by atoms with van der Waals surface area (Å²) < 4.78 is 3.68. The SMILES string of the molecule is Cn1c(-n2nc(C(=O)O)c3c2CCCC3)nc2ccccc21. The number of para-hydroxylation sites is 2. The normalized spacial score (nSPS) is 14.2. The number of hydrogen-bond donors (Lipinski definition) is 1. The summed E-state index contributed by atoms with van der Waals surface area (Å²) in [5.41, 5.74) is 3.92. The van der Waals surface area contributed by atoms with Crippen molar-refractivity contribution in [2.75, 3.05) is 0 Å². The van der Waals surface area contributed by atoms with Crippen LogP contribution in [0, 0.1) is 0 Å². The van der Waals surface area contributed by atoms with E-state index in [4.69, 9.17) is 0 Å². The molecule has 22 heavy (non-hydrogen) atoms. The molecular weight excluding hydrogens is 280 g/mol. The van der Waals surface area contributed by atoms with E-state index in [0.29, 0.717) is 5.95 Å². The second-order valence-corrected chi connectivity index (χ2v) is 5.66. The van der Waals surface area contributed by atoms with E-state index in [1.807, 2.05) is 35.9 Å². The minimum atomic E-state index is -0.962. The lowest BCUT2D eigenvalue weighted by Gasteiger charge is -2.13. The van der Waals surface area contributed by atoms with Gasteiger partial charge in [-0.1, -0.05) is 12.1 Å². The zero-order valence-electron chi connectivity index (χ0n) is 12.3.